The molecular weight excluding hydrogens is 504 g/mol. The molecule has 5 aromatic rings. The van der Waals surface area contributed by atoms with Crippen molar-refractivity contribution < 1.29 is 0 Å². The van der Waals surface area contributed by atoms with Gasteiger partial charge < -0.3 is 4.57 Å². The molecule has 10 heteroatoms. The highest BCUT2D eigenvalue weighted by Gasteiger charge is 2.27. The minimum Gasteiger partial charge on any atom is -0.317 e. The molecule has 0 amide bonds. The van der Waals surface area contributed by atoms with E-state index in [-0.39, 0.29) is 17.2 Å². The van der Waals surface area contributed by atoms with E-state index in [1.807, 2.05) is 38.1 Å². The maximum atomic E-state index is 13.8. The zero-order valence-electron chi connectivity index (χ0n) is 23.0. The molecule has 1 fully saturated rings. The molecule has 0 aliphatic heterocycles. The van der Waals surface area contributed by atoms with Gasteiger partial charge in [0.2, 0.25) is 5.82 Å². The first kappa shape index (κ1) is 25.9. The summed E-state index contributed by atoms with van der Waals surface area (Å²) in [7, 11) is 0. The van der Waals surface area contributed by atoms with E-state index in [9.17, 15) is 9.59 Å². The van der Waals surface area contributed by atoms with Crippen LogP contribution in [-0.4, -0.2) is 39.3 Å². The second-order valence-corrected chi connectivity index (χ2v) is 10.5. The average Bonchev–Trinajstić information content (AvgIpc) is 3.66. The SMILES string of the molecule is CCCn1c(=O)c2c(nc(C3CCCCC3)n2Cc2ccc(-c3ccccc3-c3nn[nH]n3)cc2)n(CC)c1=O. The van der Waals surface area contributed by atoms with E-state index in [1.165, 1.54) is 11.0 Å². The van der Waals surface area contributed by atoms with Crippen LogP contribution in [0, 0.1) is 0 Å². The Hall–Kier alpha value is -4.34. The number of benzene rings is 2. The number of nitrogens with one attached hydrogen (secondary N) is 1. The van der Waals surface area contributed by atoms with E-state index >= 15 is 0 Å². The van der Waals surface area contributed by atoms with Crippen molar-refractivity contribution in [3.63, 3.8) is 0 Å². The van der Waals surface area contributed by atoms with Gasteiger partial charge >= 0.3 is 5.69 Å². The number of aromatic nitrogens is 8. The van der Waals surface area contributed by atoms with Gasteiger partial charge in [-0.15, -0.1) is 10.2 Å². The van der Waals surface area contributed by atoms with Crippen LogP contribution in [0.5, 0.6) is 0 Å². The Bertz CT molecular complexity index is 1740. The van der Waals surface area contributed by atoms with Gasteiger partial charge in [-0.25, -0.2) is 9.78 Å². The lowest BCUT2D eigenvalue weighted by atomic mass is 9.88. The fraction of sp³-hybridized carbons (Fsp3) is 0.400. The molecule has 1 saturated carbocycles. The summed E-state index contributed by atoms with van der Waals surface area (Å²) in [5.74, 6) is 1.75. The predicted molar refractivity (Wildman–Crippen MR) is 154 cm³/mol. The number of fused-ring (bicyclic) bond motifs is 1. The highest BCUT2D eigenvalue weighted by atomic mass is 16.2. The highest BCUT2D eigenvalue weighted by Crippen LogP contribution is 2.34. The number of imidazole rings is 1. The molecule has 2 aromatic carbocycles. The van der Waals surface area contributed by atoms with Crippen molar-refractivity contribution in [1.29, 1.82) is 0 Å². The molecule has 0 radical (unpaired) electrons. The van der Waals surface area contributed by atoms with Crippen molar-refractivity contribution in [2.24, 2.45) is 0 Å². The Morgan fingerprint density at radius 1 is 0.900 bits per heavy atom. The predicted octanol–water partition coefficient (Wildman–Crippen LogP) is 4.73. The number of aromatic amines is 1. The van der Waals surface area contributed by atoms with Crippen molar-refractivity contribution >= 4 is 11.2 Å². The van der Waals surface area contributed by atoms with Crippen LogP contribution in [0.3, 0.4) is 0 Å². The van der Waals surface area contributed by atoms with Crippen molar-refractivity contribution in [1.82, 2.24) is 39.3 Å². The van der Waals surface area contributed by atoms with Crippen LogP contribution in [0.4, 0.5) is 0 Å². The van der Waals surface area contributed by atoms with E-state index in [0.717, 1.165) is 53.8 Å². The molecule has 0 saturated heterocycles. The van der Waals surface area contributed by atoms with E-state index in [0.29, 0.717) is 43.0 Å². The second kappa shape index (κ2) is 11.0. The van der Waals surface area contributed by atoms with Crippen LogP contribution >= 0.6 is 0 Å². The van der Waals surface area contributed by atoms with Gasteiger partial charge in [-0.2, -0.15) is 5.21 Å². The van der Waals surface area contributed by atoms with Gasteiger partial charge in [0.1, 0.15) is 5.82 Å². The maximum Gasteiger partial charge on any atom is 0.332 e. The number of H-pyrrole nitrogens is 1. The summed E-state index contributed by atoms with van der Waals surface area (Å²) in [4.78, 5) is 32.0. The molecular formula is C30H34N8O2. The van der Waals surface area contributed by atoms with Gasteiger partial charge in [0.05, 0.1) is 0 Å². The lowest BCUT2D eigenvalue weighted by Gasteiger charge is -2.22. The van der Waals surface area contributed by atoms with Crippen molar-refractivity contribution in [3.8, 4) is 22.5 Å². The zero-order valence-corrected chi connectivity index (χ0v) is 23.0. The molecule has 0 spiro atoms. The Labute approximate surface area is 231 Å². The minimum atomic E-state index is -0.272. The second-order valence-electron chi connectivity index (χ2n) is 10.5. The van der Waals surface area contributed by atoms with Gasteiger partial charge in [-0.05, 0) is 48.1 Å². The molecule has 206 valence electrons. The first-order valence-corrected chi connectivity index (χ1v) is 14.3. The summed E-state index contributed by atoms with van der Waals surface area (Å²) in [5, 5.41) is 14.6. The first-order valence-electron chi connectivity index (χ1n) is 14.3. The fourth-order valence-corrected chi connectivity index (χ4v) is 6.02. The Morgan fingerprint density at radius 2 is 1.65 bits per heavy atom. The van der Waals surface area contributed by atoms with E-state index < -0.39 is 0 Å². The van der Waals surface area contributed by atoms with Crippen LogP contribution in [0.2, 0.25) is 0 Å². The molecule has 0 unspecified atom stereocenters. The number of nitrogens with zero attached hydrogens (tertiary/aromatic N) is 7. The molecule has 10 nitrogen and oxygen atoms in total. The van der Waals surface area contributed by atoms with Crippen LogP contribution in [0.25, 0.3) is 33.7 Å². The standard InChI is InChI=1S/C30H34N8O2/c1-3-18-37-29(39)25-28(36(4-2)30(37)40)31-27(22-10-6-5-7-11-22)38(25)19-20-14-16-21(17-15-20)23-12-8-9-13-24(23)26-32-34-35-33-26/h8-9,12-17,22H,3-7,10-11,18-19H2,1-2H3,(H,32,33,34,35). The molecule has 0 bridgehead atoms. The third kappa shape index (κ3) is 4.57. The van der Waals surface area contributed by atoms with Crippen molar-refractivity contribution in [2.45, 2.75) is 77.9 Å². The average molecular weight is 539 g/mol. The Balaban J connectivity index is 1.45. The van der Waals surface area contributed by atoms with Crippen molar-refractivity contribution in [2.75, 3.05) is 0 Å². The molecule has 0 atom stereocenters. The van der Waals surface area contributed by atoms with E-state index in [4.69, 9.17) is 4.98 Å². The smallest absolute Gasteiger partial charge is 0.317 e. The monoisotopic (exact) mass is 538 g/mol. The number of hydrogen-bond donors (Lipinski definition) is 1. The lowest BCUT2D eigenvalue weighted by molar-refractivity contribution is 0.419. The van der Waals surface area contributed by atoms with Gasteiger partial charge in [-0.3, -0.25) is 13.9 Å². The minimum absolute atomic E-state index is 0.244. The molecule has 3 aromatic heterocycles. The van der Waals surface area contributed by atoms with Crippen LogP contribution in [-0.2, 0) is 19.6 Å². The third-order valence-electron chi connectivity index (χ3n) is 8.00. The maximum absolute atomic E-state index is 13.8. The summed E-state index contributed by atoms with van der Waals surface area (Å²) in [5.41, 5.74) is 4.54. The molecule has 3 heterocycles. The molecule has 40 heavy (non-hydrogen) atoms. The summed E-state index contributed by atoms with van der Waals surface area (Å²) in [6, 6.07) is 16.4. The van der Waals surface area contributed by atoms with Crippen LogP contribution in [0.1, 0.15) is 69.7 Å². The van der Waals surface area contributed by atoms with Crippen molar-refractivity contribution in [3.05, 3.63) is 80.8 Å². The summed E-state index contributed by atoms with van der Waals surface area (Å²) >= 11 is 0. The largest absolute Gasteiger partial charge is 0.332 e. The fourth-order valence-electron chi connectivity index (χ4n) is 6.02. The Morgan fingerprint density at radius 3 is 2.33 bits per heavy atom. The number of rotatable bonds is 8. The highest BCUT2D eigenvalue weighted by molar-refractivity contribution is 5.80. The molecule has 6 rings (SSSR count). The van der Waals surface area contributed by atoms with Crippen LogP contribution < -0.4 is 11.2 Å². The number of hydrogen-bond acceptors (Lipinski definition) is 6. The summed E-state index contributed by atoms with van der Waals surface area (Å²) in [6.45, 7) is 5.29. The van der Waals surface area contributed by atoms with E-state index in [1.54, 1.807) is 4.57 Å². The topological polar surface area (TPSA) is 116 Å². The summed E-state index contributed by atoms with van der Waals surface area (Å²) in [6.07, 6.45) is 6.35. The van der Waals surface area contributed by atoms with Gasteiger partial charge in [0, 0.05) is 31.1 Å². The van der Waals surface area contributed by atoms with Gasteiger partial charge in [-0.1, -0.05) is 74.7 Å². The molecule has 1 N–H and O–H groups in total. The third-order valence-corrected chi connectivity index (χ3v) is 8.00. The van der Waals surface area contributed by atoms with Crippen LogP contribution in [0.15, 0.2) is 58.1 Å². The lowest BCUT2D eigenvalue weighted by Crippen LogP contribution is -2.40. The van der Waals surface area contributed by atoms with Gasteiger partial charge in [0.25, 0.3) is 5.56 Å². The zero-order chi connectivity index (χ0) is 27.6. The van der Waals surface area contributed by atoms with Gasteiger partial charge in [0.15, 0.2) is 11.2 Å². The summed E-state index contributed by atoms with van der Waals surface area (Å²) < 4.78 is 5.13. The Kier molecular flexibility index (Phi) is 7.15. The number of aryl methyl sites for hydroxylation is 1. The first-order chi connectivity index (χ1) is 19.6. The molecule has 1 aliphatic carbocycles. The van der Waals surface area contributed by atoms with E-state index in [2.05, 4.69) is 49.5 Å². The number of tetrazole rings is 1. The molecule has 1 aliphatic rings. The normalized spacial score (nSPS) is 14.2. The quantitative estimate of drug-likeness (QED) is 0.305.